The molecule has 2 heterocycles. The van der Waals surface area contributed by atoms with Crippen molar-refractivity contribution in [2.75, 3.05) is 27.5 Å². The summed E-state index contributed by atoms with van der Waals surface area (Å²) < 4.78 is 5.29. The summed E-state index contributed by atoms with van der Waals surface area (Å²) in [5.41, 5.74) is 2.53. The van der Waals surface area contributed by atoms with Gasteiger partial charge in [-0.25, -0.2) is 4.79 Å². The lowest BCUT2D eigenvalue weighted by atomic mass is 10.2. The summed E-state index contributed by atoms with van der Waals surface area (Å²) in [6, 6.07) is 13.3. The molecule has 2 amide bonds. The van der Waals surface area contributed by atoms with Crippen molar-refractivity contribution in [1.82, 2.24) is 0 Å². The monoisotopic (exact) mass is 415 g/mol. The molecule has 7 nitrogen and oxygen atoms in total. The van der Waals surface area contributed by atoms with Crippen LogP contribution in [-0.2, 0) is 0 Å². The molecule has 0 bridgehead atoms. The third-order valence-corrected chi connectivity index (χ3v) is 4.77. The molecule has 4 rings (SSSR count). The van der Waals surface area contributed by atoms with Gasteiger partial charge in [0, 0.05) is 16.4 Å². The lowest BCUT2D eigenvalue weighted by Gasteiger charge is -2.29. The summed E-state index contributed by atoms with van der Waals surface area (Å²) in [6.07, 6.45) is 1.55. The van der Waals surface area contributed by atoms with Crippen LogP contribution in [-0.4, -0.2) is 18.5 Å². The van der Waals surface area contributed by atoms with E-state index in [1.165, 1.54) is 0 Å². The fourth-order valence-corrected chi connectivity index (χ4v) is 3.17. The Hall–Kier alpha value is -3.16. The van der Waals surface area contributed by atoms with E-state index >= 15 is 0 Å². The van der Waals surface area contributed by atoms with E-state index in [2.05, 4.69) is 16.0 Å². The molecule has 0 atom stereocenters. The van der Waals surface area contributed by atoms with Crippen molar-refractivity contribution in [3.8, 4) is 0 Å². The third-order valence-electron chi connectivity index (χ3n) is 4.20. The first kappa shape index (κ1) is 18.2. The van der Waals surface area contributed by atoms with Gasteiger partial charge in [-0.1, -0.05) is 23.2 Å². The lowest BCUT2D eigenvalue weighted by Crippen LogP contribution is -2.39. The summed E-state index contributed by atoms with van der Waals surface area (Å²) in [6.45, 7) is 0.417. The molecule has 0 fully saturated rings. The van der Waals surface area contributed by atoms with Gasteiger partial charge in [0.15, 0.2) is 0 Å². The number of amidine groups is 1. The molecule has 1 aliphatic rings. The SMILES string of the molecule is N=C1c2ccoc2NCN1c1ccc(NC(=O)Nc2cc(Cl)ccc2Cl)cc1. The first-order chi connectivity index (χ1) is 13.5. The Kier molecular flexibility index (Phi) is 4.85. The molecule has 4 N–H and O–H groups in total. The van der Waals surface area contributed by atoms with E-state index in [0.717, 1.165) is 5.69 Å². The minimum absolute atomic E-state index is 0.344. The predicted octanol–water partition coefficient (Wildman–Crippen LogP) is 5.45. The molecule has 28 heavy (non-hydrogen) atoms. The van der Waals surface area contributed by atoms with Crippen LogP contribution in [0.1, 0.15) is 5.56 Å². The normalized spacial score (nSPS) is 12.9. The zero-order chi connectivity index (χ0) is 19.7. The van der Waals surface area contributed by atoms with E-state index in [4.69, 9.17) is 33.0 Å². The van der Waals surface area contributed by atoms with Gasteiger partial charge in [0.2, 0.25) is 5.88 Å². The second-order valence-electron chi connectivity index (χ2n) is 6.03. The van der Waals surface area contributed by atoms with E-state index < -0.39 is 6.03 Å². The summed E-state index contributed by atoms with van der Waals surface area (Å²) in [5.74, 6) is 0.937. The third kappa shape index (κ3) is 3.62. The summed E-state index contributed by atoms with van der Waals surface area (Å²) in [5, 5.41) is 17.7. The zero-order valence-electron chi connectivity index (χ0n) is 14.4. The average Bonchev–Trinajstić information content (AvgIpc) is 3.16. The van der Waals surface area contributed by atoms with Crippen LogP contribution in [0.3, 0.4) is 0 Å². The highest BCUT2D eigenvalue weighted by Crippen LogP contribution is 2.28. The molecule has 142 valence electrons. The zero-order valence-corrected chi connectivity index (χ0v) is 15.9. The van der Waals surface area contributed by atoms with Gasteiger partial charge < -0.3 is 25.3 Å². The molecule has 0 saturated carbocycles. The van der Waals surface area contributed by atoms with Crippen molar-refractivity contribution >= 4 is 58.0 Å². The second kappa shape index (κ2) is 7.46. The standard InChI is InChI=1S/C19H15Cl2N5O2/c20-11-1-6-15(21)16(9-11)25-19(27)24-12-2-4-13(5-3-12)26-10-23-18-14(17(26)22)7-8-28-18/h1-9,22-23H,10H2,(H2,24,25,27). The Labute approximate surface area is 170 Å². The number of carbonyl (C=O) groups excluding carboxylic acids is 1. The van der Waals surface area contributed by atoms with Gasteiger partial charge in [0.1, 0.15) is 5.84 Å². The maximum absolute atomic E-state index is 12.2. The van der Waals surface area contributed by atoms with Crippen molar-refractivity contribution in [1.29, 1.82) is 5.41 Å². The van der Waals surface area contributed by atoms with E-state index in [1.807, 2.05) is 12.1 Å². The molecular formula is C19H15Cl2N5O2. The number of nitrogens with one attached hydrogen (secondary N) is 4. The van der Waals surface area contributed by atoms with E-state index in [1.54, 1.807) is 47.6 Å². The summed E-state index contributed by atoms with van der Waals surface area (Å²) in [4.78, 5) is 14.0. The van der Waals surface area contributed by atoms with Gasteiger partial charge in [-0.3, -0.25) is 5.41 Å². The van der Waals surface area contributed by atoms with Crippen LogP contribution in [0.15, 0.2) is 59.2 Å². The number of rotatable bonds is 3. The number of furan rings is 1. The quantitative estimate of drug-likeness (QED) is 0.457. The van der Waals surface area contributed by atoms with Crippen LogP contribution in [0.25, 0.3) is 0 Å². The summed E-state index contributed by atoms with van der Waals surface area (Å²) in [7, 11) is 0. The number of hydrogen-bond acceptors (Lipinski definition) is 4. The van der Waals surface area contributed by atoms with Gasteiger partial charge in [-0.05, 0) is 48.5 Å². The van der Waals surface area contributed by atoms with Gasteiger partial charge in [0.05, 0.1) is 29.2 Å². The van der Waals surface area contributed by atoms with Crippen LogP contribution < -0.4 is 20.9 Å². The van der Waals surface area contributed by atoms with Crippen LogP contribution in [0.5, 0.6) is 0 Å². The predicted molar refractivity (Wildman–Crippen MR) is 112 cm³/mol. The largest absolute Gasteiger partial charge is 0.448 e. The summed E-state index contributed by atoms with van der Waals surface area (Å²) >= 11 is 12.0. The molecule has 1 aliphatic heterocycles. The van der Waals surface area contributed by atoms with E-state index in [-0.39, 0.29) is 0 Å². The first-order valence-corrected chi connectivity index (χ1v) is 9.08. The molecule has 0 aliphatic carbocycles. The number of hydrogen-bond donors (Lipinski definition) is 4. The van der Waals surface area contributed by atoms with Crippen LogP contribution in [0.4, 0.5) is 27.7 Å². The number of benzene rings is 2. The van der Waals surface area contributed by atoms with Crippen molar-refractivity contribution in [2.24, 2.45) is 0 Å². The average molecular weight is 416 g/mol. The van der Waals surface area contributed by atoms with Gasteiger partial charge in [0.25, 0.3) is 0 Å². The molecule has 2 aromatic carbocycles. The van der Waals surface area contributed by atoms with Crippen molar-refractivity contribution < 1.29 is 9.21 Å². The number of carbonyl (C=O) groups is 1. The molecule has 1 aromatic heterocycles. The number of nitrogens with zero attached hydrogens (tertiary/aromatic N) is 1. The highest BCUT2D eigenvalue weighted by Gasteiger charge is 2.24. The van der Waals surface area contributed by atoms with Gasteiger partial charge in [-0.2, -0.15) is 0 Å². The molecule has 3 aromatic rings. The molecule has 0 spiro atoms. The Morgan fingerprint density at radius 2 is 1.89 bits per heavy atom. The number of amides is 2. The van der Waals surface area contributed by atoms with Crippen molar-refractivity contribution in [2.45, 2.75) is 0 Å². The Balaban J connectivity index is 1.43. The van der Waals surface area contributed by atoms with Crippen LogP contribution >= 0.6 is 23.2 Å². The molecular weight excluding hydrogens is 401 g/mol. The minimum Gasteiger partial charge on any atom is -0.448 e. The number of fused-ring (bicyclic) bond motifs is 1. The van der Waals surface area contributed by atoms with Gasteiger partial charge >= 0.3 is 6.03 Å². The highest BCUT2D eigenvalue weighted by molar-refractivity contribution is 6.35. The first-order valence-electron chi connectivity index (χ1n) is 8.32. The fraction of sp³-hybridized carbons (Fsp3) is 0.0526. The molecule has 9 heteroatoms. The maximum Gasteiger partial charge on any atom is 0.323 e. The molecule has 0 unspecified atom stereocenters. The lowest BCUT2D eigenvalue weighted by molar-refractivity contribution is 0.262. The number of halogens is 2. The van der Waals surface area contributed by atoms with Crippen LogP contribution in [0, 0.1) is 5.41 Å². The van der Waals surface area contributed by atoms with Crippen LogP contribution in [0.2, 0.25) is 10.0 Å². The molecule has 0 saturated heterocycles. The Morgan fingerprint density at radius 1 is 1.11 bits per heavy atom. The fourth-order valence-electron chi connectivity index (χ4n) is 2.83. The number of urea groups is 1. The smallest absolute Gasteiger partial charge is 0.323 e. The van der Waals surface area contributed by atoms with E-state index in [9.17, 15) is 4.79 Å². The molecule has 0 radical (unpaired) electrons. The number of anilines is 4. The minimum atomic E-state index is -0.438. The maximum atomic E-state index is 12.2. The Morgan fingerprint density at radius 3 is 2.68 bits per heavy atom. The van der Waals surface area contributed by atoms with E-state index in [0.29, 0.717) is 45.4 Å². The topological polar surface area (TPSA) is 93.4 Å². The van der Waals surface area contributed by atoms with Crippen molar-refractivity contribution in [3.05, 3.63) is 70.4 Å². The Bertz CT molecular complexity index is 1050. The van der Waals surface area contributed by atoms with Gasteiger partial charge in [-0.15, -0.1) is 0 Å². The second-order valence-corrected chi connectivity index (χ2v) is 6.87. The van der Waals surface area contributed by atoms with Crippen molar-refractivity contribution in [3.63, 3.8) is 0 Å². The highest BCUT2D eigenvalue weighted by atomic mass is 35.5.